The zero-order chi connectivity index (χ0) is 20.9. The van der Waals surface area contributed by atoms with Crippen molar-refractivity contribution in [2.45, 2.75) is 50.2 Å². The molecule has 2 fully saturated rings. The van der Waals surface area contributed by atoms with Gasteiger partial charge in [0.1, 0.15) is 5.01 Å². The van der Waals surface area contributed by atoms with Gasteiger partial charge in [0.25, 0.3) is 0 Å². The third-order valence-electron chi connectivity index (χ3n) is 6.87. The fourth-order valence-corrected chi connectivity index (χ4v) is 6.11. The zero-order valence-corrected chi connectivity index (χ0v) is 17.8. The number of aromatic carboxylic acids is 1. The van der Waals surface area contributed by atoms with Gasteiger partial charge in [0.2, 0.25) is 0 Å². The number of nitrogens with one attached hydrogen (secondary N) is 1. The highest BCUT2D eigenvalue weighted by atomic mass is 32.1. The van der Waals surface area contributed by atoms with Gasteiger partial charge in [0.15, 0.2) is 11.5 Å². The lowest BCUT2D eigenvalue weighted by atomic mass is 9.83. The Labute approximate surface area is 184 Å². The van der Waals surface area contributed by atoms with Crippen LogP contribution in [0.2, 0.25) is 0 Å². The van der Waals surface area contributed by atoms with E-state index >= 15 is 0 Å². The number of benzene rings is 2. The van der Waals surface area contributed by atoms with Gasteiger partial charge in [0.05, 0.1) is 23.5 Å². The molecule has 7 heteroatoms. The van der Waals surface area contributed by atoms with Gasteiger partial charge in [-0.25, -0.2) is 9.78 Å². The molecular formula is C24H23N3O3S. The molecule has 2 saturated heterocycles. The first-order valence-corrected chi connectivity index (χ1v) is 11.6. The Hall–Kier alpha value is -2.90. The molecule has 4 heterocycles. The molecule has 3 aliphatic heterocycles. The Morgan fingerprint density at radius 2 is 2.00 bits per heavy atom. The number of carbonyl (C=O) groups is 1. The van der Waals surface area contributed by atoms with Crippen LogP contribution in [-0.4, -0.2) is 33.0 Å². The number of hydrogen-bond donors (Lipinski definition) is 2. The van der Waals surface area contributed by atoms with Crippen molar-refractivity contribution in [1.82, 2.24) is 9.88 Å². The predicted octanol–water partition coefficient (Wildman–Crippen LogP) is 5.60. The second-order valence-corrected chi connectivity index (χ2v) is 9.60. The number of hydrogen-bond acceptors (Lipinski definition) is 6. The van der Waals surface area contributed by atoms with E-state index in [4.69, 9.17) is 4.74 Å². The van der Waals surface area contributed by atoms with Crippen LogP contribution in [0.15, 0.2) is 48.0 Å². The summed E-state index contributed by atoms with van der Waals surface area (Å²) in [6.07, 6.45) is 6.32. The second-order valence-electron chi connectivity index (χ2n) is 8.62. The molecule has 1 aromatic heterocycles. The van der Waals surface area contributed by atoms with Crippen LogP contribution >= 0.6 is 11.3 Å². The minimum absolute atomic E-state index is 0.285. The summed E-state index contributed by atoms with van der Waals surface area (Å²) in [5.41, 5.74) is 3.19. The lowest BCUT2D eigenvalue weighted by Gasteiger charge is -2.39. The summed E-state index contributed by atoms with van der Waals surface area (Å²) >= 11 is 1.72. The predicted molar refractivity (Wildman–Crippen MR) is 120 cm³/mol. The van der Waals surface area contributed by atoms with E-state index in [2.05, 4.69) is 15.2 Å². The zero-order valence-electron chi connectivity index (χ0n) is 17.0. The van der Waals surface area contributed by atoms with Gasteiger partial charge in [-0.1, -0.05) is 12.1 Å². The van der Waals surface area contributed by atoms with Gasteiger partial charge in [-0.3, -0.25) is 4.90 Å². The van der Waals surface area contributed by atoms with Crippen molar-refractivity contribution in [2.75, 3.05) is 5.32 Å². The van der Waals surface area contributed by atoms with Crippen LogP contribution in [0.25, 0.3) is 0 Å². The number of anilines is 2. The Bertz CT molecular complexity index is 1130. The van der Waals surface area contributed by atoms with E-state index in [1.54, 1.807) is 17.4 Å². The number of piperidine rings is 1. The Morgan fingerprint density at radius 1 is 1.19 bits per heavy atom. The minimum atomic E-state index is -0.921. The van der Waals surface area contributed by atoms with E-state index < -0.39 is 5.97 Å². The summed E-state index contributed by atoms with van der Waals surface area (Å²) in [5, 5.41) is 16.5. The molecule has 0 amide bonds. The molecule has 3 aromatic rings. The van der Waals surface area contributed by atoms with Gasteiger partial charge < -0.3 is 15.2 Å². The van der Waals surface area contributed by atoms with Gasteiger partial charge in [-0.15, -0.1) is 11.3 Å². The van der Waals surface area contributed by atoms with Crippen molar-refractivity contribution in [1.29, 1.82) is 0 Å². The number of ether oxygens (including phenoxy) is 1. The largest absolute Gasteiger partial charge is 0.478 e. The highest BCUT2D eigenvalue weighted by Crippen LogP contribution is 2.51. The smallest absolute Gasteiger partial charge is 0.335 e. The maximum absolute atomic E-state index is 11.8. The SMILES string of the molecule is O=C(O)c1cc2c(c(C3CC4CCC(C3)N4Cc3nccs3)c1)Nc1ccccc1O2. The molecule has 0 radical (unpaired) electrons. The molecular weight excluding hydrogens is 410 g/mol. The van der Waals surface area contributed by atoms with Crippen molar-refractivity contribution in [3.8, 4) is 11.5 Å². The summed E-state index contributed by atoms with van der Waals surface area (Å²) in [4.78, 5) is 18.9. The summed E-state index contributed by atoms with van der Waals surface area (Å²) in [6, 6.07) is 12.3. The van der Waals surface area contributed by atoms with Crippen LogP contribution in [0.4, 0.5) is 11.4 Å². The summed E-state index contributed by atoms with van der Waals surface area (Å²) in [7, 11) is 0. The van der Waals surface area contributed by atoms with E-state index in [0.717, 1.165) is 42.1 Å². The molecule has 0 spiro atoms. The Kier molecular flexibility index (Phi) is 4.47. The molecule has 3 aliphatic rings. The molecule has 2 aromatic carbocycles. The highest BCUT2D eigenvalue weighted by molar-refractivity contribution is 7.09. The molecule has 2 N–H and O–H groups in total. The fourth-order valence-electron chi connectivity index (χ4n) is 5.48. The normalized spacial score (nSPS) is 24.1. The van der Waals surface area contributed by atoms with Crippen LogP contribution < -0.4 is 10.1 Å². The number of carboxylic acid groups (broad SMARTS) is 1. The number of fused-ring (bicyclic) bond motifs is 4. The van der Waals surface area contributed by atoms with Crippen molar-refractivity contribution in [2.24, 2.45) is 0 Å². The molecule has 2 unspecified atom stereocenters. The molecule has 6 nitrogen and oxygen atoms in total. The fraction of sp³-hybridized carbons (Fsp3) is 0.333. The van der Waals surface area contributed by atoms with E-state index in [-0.39, 0.29) is 5.56 Å². The first-order valence-electron chi connectivity index (χ1n) is 10.7. The maximum Gasteiger partial charge on any atom is 0.335 e. The van der Waals surface area contributed by atoms with Crippen LogP contribution in [0, 0.1) is 0 Å². The van der Waals surface area contributed by atoms with Crippen molar-refractivity contribution >= 4 is 28.7 Å². The number of aromatic nitrogens is 1. The monoisotopic (exact) mass is 433 g/mol. The topological polar surface area (TPSA) is 74.7 Å². The molecule has 6 rings (SSSR count). The number of carboxylic acids is 1. The third kappa shape index (κ3) is 3.28. The second kappa shape index (κ2) is 7.35. The highest BCUT2D eigenvalue weighted by Gasteiger charge is 2.42. The van der Waals surface area contributed by atoms with E-state index in [1.165, 1.54) is 17.8 Å². The molecule has 0 aliphatic carbocycles. The van der Waals surface area contributed by atoms with Gasteiger partial charge in [-0.2, -0.15) is 0 Å². The van der Waals surface area contributed by atoms with E-state index in [1.807, 2.05) is 41.9 Å². The third-order valence-corrected chi connectivity index (χ3v) is 7.64. The number of nitrogens with zero attached hydrogens (tertiary/aromatic N) is 2. The van der Waals surface area contributed by atoms with Gasteiger partial charge >= 0.3 is 5.97 Å². The average Bonchev–Trinajstić information content (AvgIpc) is 3.36. The molecule has 2 atom stereocenters. The summed E-state index contributed by atoms with van der Waals surface area (Å²) in [5.74, 6) is 0.711. The maximum atomic E-state index is 11.8. The van der Waals surface area contributed by atoms with Crippen molar-refractivity contribution in [3.05, 3.63) is 64.1 Å². The van der Waals surface area contributed by atoms with E-state index in [0.29, 0.717) is 23.8 Å². The Balaban J connectivity index is 1.34. The van der Waals surface area contributed by atoms with Crippen LogP contribution in [-0.2, 0) is 6.54 Å². The molecule has 158 valence electrons. The standard InChI is InChI=1S/C24H23N3O3S/c28-24(29)15-11-18(23-21(12-15)30-20-4-2-1-3-19(20)26-23)14-9-16-5-6-17(10-14)27(16)13-22-25-7-8-31-22/h1-4,7-8,11-12,14,16-17,26H,5-6,9-10,13H2,(H,28,29). The van der Waals surface area contributed by atoms with E-state index in [9.17, 15) is 9.90 Å². The van der Waals surface area contributed by atoms with Crippen LogP contribution in [0.3, 0.4) is 0 Å². The first-order chi connectivity index (χ1) is 15.2. The molecule has 31 heavy (non-hydrogen) atoms. The Morgan fingerprint density at radius 3 is 2.74 bits per heavy atom. The van der Waals surface area contributed by atoms with Gasteiger partial charge in [0, 0.05) is 23.7 Å². The van der Waals surface area contributed by atoms with Crippen molar-refractivity contribution in [3.63, 3.8) is 0 Å². The first kappa shape index (κ1) is 18.8. The number of para-hydroxylation sites is 2. The lowest BCUT2D eigenvalue weighted by Crippen LogP contribution is -2.41. The van der Waals surface area contributed by atoms with Crippen LogP contribution in [0.1, 0.15) is 52.5 Å². The minimum Gasteiger partial charge on any atom is -0.478 e. The van der Waals surface area contributed by atoms with Gasteiger partial charge in [-0.05, 0) is 61.4 Å². The number of thiazole rings is 1. The van der Waals surface area contributed by atoms with Crippen LogP contribution in [0.5, 0.6) is 11.5 Å². The summed E-state index contributed by atoms with van der Waals surface area (Å²) < 4.78 is 6.12. The molecule has 2 bridgehead atoms. The van der Waals surface area contributed by atoms with Crippen molar-refractivity contribution < 1.29 is 14.6 Å². The lowest BCUT2D eigenvalue weighted by molar-refractivity contribution is 0.0696. The molecule has 0 saturated carbocycles. The summed E-state index contributed by atoms with van der Waals surface area (Å²) in [6.45, 7) is 0.918. The number of rotatable bonds is 4. The quantitative estimate of drug-likeness (QED) is 0.436. The average molecular weight is 434 g/mol.